The Balaban J connectivity index is 1.77. The van der Waals surface area contributed by atoms with Gasteiger partial charge in [0.1, 0.15) is 0 Å². The molecule has 1 aliphatic rings. The fourth-order valence-electron chi connectivity index (χ4n) is 2.73. The molecule has 1 aliphatic heterocycles. The van der Waals surface area contributed by atoms with E-state index in [1.54, 1.807) is 0 Å². The third-order valence-corrected chi connectivity index (χ3v) is 3.86. The quantitative estimate of drug-likeness (QED) is 0.596. The van der Waals surface area contributed by atoms with Crippen LogP contribution in [-0.4, -0.2) is 48.6 Å². The zero-order valence-corrected chi connectivity index (χ0v) is 13.9. The van der Waals surface area contributed by atoms with Gasteiger partial charge >= 0.3 is 0 Å². The number of hydrogen-bond acceptors (Lipinski definition) is 3. The second-order valence-electron chi connectivity index (χ2n) is 6.01. The van der Waals surface area contributed by atoms with E-state index >= 15 is 0 Å². The van der Waals surface area contributed by atoms with Crippen molar-refractivity contribution in [2.24, 2.45) is 10.9 Å². The summed E-state index contributed by atoms with van der Waals surface area (Å²) < 4.78 is 0. The van der Waals surface area contributed by atoms with Gasteiger partial charge in [0.05, 0.1) is 12.2 Å². The monoisotopic (exact) mass is 303 g/mol. The smallest absolute Gasteiger partial charge is 0.191 e. The molecule has 1 unspecified atom stereocenters. The Bertz CT molecular complexity index is 440. The Hall–Kier alpha value is -1.62. The van der Waals surface area contributed by atoms with Gasteiger partial charge in [-0.05, 0) is 50.9 Å². The van der Waals surface area contributed by atoms with Gasteiger partial charge in [-0.1, -0.05) is 13.0 Å². The zero-order valence-electron chi connectivity index (χ0n) is 13.9. The summed E-state index contributed by atoms with van der Waals surface area (Å²) in [6.07, 6.45) is 4.52. The second kappa shape index (κ2) is 9.41. The molecule has 2 N–H and O–H groups in total. The van der Waals surface area contributed by atoms with Crippen LogP contribution in [0.4, 0.5) is 0 Å². The lowest BCUT2D eigenvalue weighted by atomic mass is 10.1. The zero-order chi connectivity index (χ0) is 15.6. The van der Waals surface area contributed by atoms with Gasteiger partial charge in [-0.15, -0.1) is 0 Å². The van der Waals surface area contributed by atoms with Crippen LogP contribution in [0.3, 0.4) is 0 Å². The summed E-state index contributed by atoms with van der Waals surface area (Å²) in [5.41, 5.74) is 0.991. The number of nitrogens with one attached hydrogen (secondary N) is 2. The molecular weight excluding hydrogens is 274 g/mol. The summed E-state index contributed by atoms with van der Waals surface area (Å²) in [5, 5.41) is 6.75. The van der Waals surface area contributed by atoms with Gasteiger partial charge in [0.25, 0.3) is 0 Å². The maximum Gasteiger partial charge on any atom is 0.191 e. The minimum Gasteiger partial charge on any atom is -0.357 e. The van der Waals surface area contributed by atoms with Crippen molar-refractivity contribution in [3.05, 3.63) is 30.1 Å². The Morgan fingerprint density at radius 1 is 1.32 bits per heavy atom. The summed E-state index contributed by atoms with van der Waals surface area (Å²) in [4.78, 5) is 11.5. The molecule has 0 saturated carbocycles. The minimum atomic E-state index is 0.608. The topological polar surface area (TPSA) is 52.6 Å². The Labute approximate surface area is 134 Å². The molecule has 1 aromatic heterocycles. The van der Waals surface area contributed by atoms with Gasteiger partial charge < -0.3 is 15.5 Å². The number of hydrogen-bond donors (Lipinski definition) is 2. The van der Waals surface area contributed by atoms with Crippen LogP contribution in [0, 0.1) is 5.92 Å². The van der Waals surface area contributed by atoms with Crippen LogP contribution in [0.1, 0.15) is 32.4 Å². The van der Waals surface area contributed by atoms with Gasteiger partial charge in [0.15, 0.2) is 5.96 Å². The molecule has 2 rings (SSSR count). The summed E-state index contributed by atoms with van der Waals surface area (Å²) in [7, 11) is 0. The molecule has 5 nitrogen and oxygen atoms in total. The average molecular weight is 303 g/mol. The second-order valence-corrected chi connectivity index (χ2v) is 6.01. The first-order valence-electron chi connectivity index (χ1n) is 8.42. The number of nitrogens with zero attached hydrogens (tertiary/aromatic N) is 3. The van der Waals surface area contributed by atoms with Gasteiger partial charge in [0, 0.05) is 25.8 Å². The standard InChI is InChI=1S/C17H29N5/c1-3-18-17(21-13-16-8-4-5-9-19-16)20-12-15(2)14-22-10-6-7-11-22/h4-5,8-9,15H,3,6-7,10-14H2,1-2H3,(H2,18,20,21). The lowest BCUT2D eigenvalue weighted by Gasteiger charge is -2.21. The van der Waals surface area contributed by atoms with Gasteiger partial charge in [-0.25, -0.2) is 4.99 Å². The molecule has 5 heteroatoms. The van der Waals surface area contributed by atoms with Gasteiger partial charge in [-0.3, -0.25) is 4.98 Å². The van der Waals surface area contributed by atoms with Crippen LogP contribution < -0.4 is 10.6 Å². The van der Waals surface area contributed by atoms with E-state index in [2.05, 4.69) is 39.4 Å². The van der Waals surface area contributed by atoms with Crippen molar-refractivity contribution in [1.29, 1.82) is 0 Å². The van der Waals surface area contributed by atoms with E-state index in [4.69, 9.17) is 0 Å². The molecule has 0 amide bonds. The summed E-state index contributed by atoms with van der Waals surface area (Å²) >= 11 is 0. The average Bonchev–Trinajstić information content (AvgIpc) is 3.04. The van der Waals surface area contributed by atoms with E-state index < -0.39 is 0 Å². The van der Waals surface area contributed by atoms with Crippen LogP contribution in [0.15, 0.2) is 29.4 Å². The molecule has 122 valence electrons. The highest BCUT2D eigenvalue weighted by atomic mass is 15.2. The maximum absolute atomic E-state index is 4.61. The van der Waals surface area contributed by atoms with Crippen molar-refractivity contribution in [1.82, 2.24) is 20.5 Å². The van der Waals surface area contributed by atoms with Crippen molar-refractivity contribution >= 4 is 5.96 Å². The predicted molar refractivity (Wildman–Crippen MR) is 91.9 cm³/mol. The fourth-order valence-corrected chi connectivity index (χ4v) is 2.73. The minimum absolute atomic E-state index is 0.608. The van der Waals surface area contributed by atoms with Gasteiger partial charge in [0.2, 0.25) is 0 Å². The first-order valence-corrected chi connectivity index (χ1v) is 8.42. The first-order chi connectivity index (χ1) is 10.8. The molecule has 22 heavy (non-hydrogen) atoms. The van der Waals surface area contributed by atoms with Crippen molar-refractivity contribution in [3.63, 3.8) is 0 Å². The summed E-state index contributed by atoms with van der Waals surface area (Å²) in [5.74, 6) is 1.50. The number of rotatable bonds is 7. The third kappa shape index (κ3) is 6.02. The van der Waals surface area contributed by atoms with E-state index in [1.165, 1.54) is 32.5 Å². The molecule has 0 radical (unpaired) electrons. The van der Waals surface area contributed by atoms with E-state index in [1.807, 2.05) is 24.4 Å². The molecule has 0 bridgehead atoms. The molecule has 1 atom stereocenters. The highest BCUT2D eigenvalue weighted by Crippen LogP contribution is 2.09. The first kappa shape index (κ1) is 16.7. The molecule has 2 heterocycles. The van der Waals surface area contributed by atoms with Crippen molar-refractivity contribution in [2.75, 3.05) is 32.7 Å². The Morgan fingerprint density at radius 3 is 2.82 bits per heavy atom. The summed E-state index contributed by atoms with van der Waals surface area (Å²) in [6.45, 7) is 10.5. The largest absolute Gasteiger partial charge is 0.357 e. The Kier molecular flexibility index (Phi) is 7.16. The molecule has 1 aromatic rings. The number of pyridine rings is 1. The van der Waals surface area contributed by atoms with E-state index in [9.17, 15) is 0 Å². The Morgan fingerprint density at radius 2 is 2.14 bits per heavy atom. The van der Waals surface area contributed by atoms with Crippen LogP contribution in [-0.2, 0) is 6.54 Å². The van der Waals surface area contributed by atoms with Gasteiger partial charge in [-0.2, -0.15) is 0 Å². The molecule has 0 aliphatic carbocycles. The SMILES string of the molecule is CCNC(=NCc1ccccn1)NCC(C)CN1CCCC1. The van der Waals surface area contributed by atoms with E-state index in [-0.39, 0.29) is 0 Å². The third-order valence-electron chi connectivity index (χ3n) is 3.86. The van der Waals surface area contributed by atoms with Crippen molar-refractivity contribution in [2.45, 2.75) is 33.2 Å². The highest BCUT2D eigenvalue weighted by molar-refractivity contribution is 5.79. The van der Waals surface area contributed by atoms with E-state index in [0.717, 1.165) is 24.7 Å². The van der Waals surface area contributed by atoms with Crippen LogP contribution in [0.25, 0.3) is 0 Å². The predicted octanol–water partition coefficient (Wildman–Crippen LogP) is 1.87. The van der Waals surface area contributed by atoms with Crippen LogP contribution >= 0.6 is 0 Å². The normalized spacial score (nSPS) is 17.5. The highest BCUT2D eigenvalue weighted by Gasteiger charge is 2.14. The molecule has 0 spiro atoms. The number of aromatic nitrogens is 1. The fraction of sp³-hybridized carbons (Fsp3) is 0.647. The summed E-state index contributed by atoms with van der Waals surface area (Å²) in [6, 6.07) is 5.93. The lowest BCUT2D eigenvalue weighted by Crippen LogP contribution is -2.41. The van der Waals surface area contributed by atoms with Crippen molar-refractivity contribution < 1.29 is 0 Å². The number of guanidine groups is 1. The molecule has 1 saturated heterocycles. The number of likely N-dealkylation sites (tertiary alicyclic amines) is 1. The van der Waals surface area contributed by atoms with Crippen molar-refractivity contribution in [3.8, 4) is 0 Å². The number of aliphatic imine (C=N–C) groups is 1. The molecule has 0 aromatic carbocycles. The molecule has 1 fully saturated rings. The van der Waals surface area contributed by atoms with E-state index in [0.29, 0.717) is 12.5 Å². The van der Waals surface area contributed by atoms with Crippen LogP contribution in [0.5, 0.6) is 0 Å². The van der Waals surface area contributed by atoms with Crippen LogP contribution in [0.2, 0.25) is 0 Å². The maximum atomic E-state index is 4.61. The lowest BCUT2D eigenvalue weighted by molar-refractivity contribution is 0.287. The molecular formula is C17H29N5.